The third-order valence-electron chi connectivity index (χ3n) is 4.34. The van der Waals surface area contributed by atoms with Crippen molar-refractivity contribution in [2.75, 3.05) is 5.32 Å². The van der Waals surface area contributed by atoms with Gasteiger partial charge in [0.15, 0.2) is 5.16 Å². The molecule has 1 N–H and O–H groups in total. The number of hydrogen-bond donors (Lipinski definition) is 1. The van der Waals surface area contributed by atoms with Gasteiger partial charge < -0.3 is 9.88 Å². The molecule has 0 radical (unpaired) electrons. The van der Waals surface area contributed by atoms with Crippen LogP contribution >= 0.6 is 23.1 Å². The van der Waals surface area contributed by atoms with Gasteiger partial charge in [-0.05, 0) is 31.2 Å². The number of para-hydroxylation sites is 2. The molecule has 1 amide bonds. The summed E-state index contributed by atoms with van der Waals surface area (Å²) in [5.74, 6) is 0.681. The fourth-order valence-corrected chi connectivity index (χ4v) is 4.64. The largest absolute Gasteiger partial charge is 0.326 e. The van der Waals surface area contributed by atoms with Gasteiger partial charge in [0.2, 0.25) is 5.91 Å². The minimum absolute atomic E-state index is 0.0484. The molecule has 4 rings (SSSR count). The number of imidazole rings is 1. The van der Waals surface area contributed by atoms with E-state index >= 15 is 0 Å². The van der Waals surface area contributed by atoms with E-state index in [-0.39, 0.29) is 12.3 Å². The number of benzene rings is 2. The fourth-order valence-electron chi connectivity index (χ4n) is 2.87. The van der Waals surface area contributed by atoms with Crippen molar-refractivity contribution in [3.63, 3.8) is 0 Å². The Morgan fingerprint density at radius 2 is 1.93 bits per heavy atom. The third kappa shape index (κ3) is 4.26. The number of nitrogens with one attached hydrogen (secondary N) is 1. The van der Waals surface area contributed by atoms with Crippen LogP contribution in [0, 0.1) is 6.92 Å². The number of carbonyl (C=O) groups is 1. The smallest absolute Gasteiger partial charge is 0.231 e. The Morgan fingerprint density at radius 1 is 1.14 bits per heavy atom. The van der Waals surface area contributed by atoms with Crippen molar-refractivity contribution in [1.82, 2.24) is 14.5 Å². The second kappa shape index (κ2) is 8.16. The molecule has 5 nitrogen and oxygen atoms in total. The second-order valence-electron chi connectivity index (χ2n) is 6.55. The summed E-state index contributed by atoms with van der Waals surface area (Å²) in [5.41, 5.74) is 5.07. The van der Waals surface area contributed by atoms with Crippen LogP contribution in [0.1, 0.15) is 16.3 Å². The number of amides is 1. The number of fused-ring (bicyclic) bond motifs is 1. The van der Waals surface area contributed by atoms with E-state index in [1.165, 1.54) is 16.9 Å². The van der Waals surface area contributed by atoms with Crippen molar-refractivity contribution >= 4 is 45.7 Å². The zero-order valence-corrected chi connectivity index (χ0v) is 17.3. The summed E-state index contributed by atoms with van der Waals surface area (Å²) in [6, 6.07) is 15.9. The van der Waals surface area contributed by atoms with Crippen LogP contribution in [0.4, 0.5) is 5.69 Å². The Morgan fingerprint density at radius 3 is 2.71 bits per heavy atom. The Kier molecular flexibility index (Phi) is 5.45. The van der Waals surface area contributed by atoms with E-state index in [0.717, 1.165) is 38.3 Å². The van der Waals surface area contributed by atoms with Gasteiger partial charge in [-0.2, -0.15) is 0 Å². The lowest BCUT2D eigenvalue weighted by Crippen LogP contribution is -2.14. The second-order valence-corrected chi connectivity index (χ2v) is 8.44. The van der Waals surface area contributed by atoms with Gasteiger partial charge in [-0.1, -0.05) is 41.6 Å². The Hall–Kier alpha value is -2.64. The number of rotatable bonds is 6. The number of carbonyl (C=O) groups excluding carboxylic acids is 1. The van der Waals surface area contributed by atoms with Crippen molar-refractivity contribution in [3.05, 3.63) is 70.2 Å². The summed E-state index contributed by atoms with van der Waals surface area (Å²) in [6.07, 6.45) is 0.287. The van der Waals surface area contributed by atoms with Gasteiger partial charge >= 0.3 is 0 Å². The molecule has 2 heterocycles. The average Bonchev–Trinajstić information content (AvgIpc) is 3.26. The van der Waals surface area contributed by atoms with Crippen LogP contribution in [0.2, 0.25) is 0 Å². The molecular weight excluding hydrogens is 388 g/mol. The lowest BCUT2D eigenvalue weighted by atomic mass is 10.2. The van der Waals surface area contributed by atoms with Gasteiger partial charge in [-0.25, -0.2) is 9.97 Å². The standard InChI is InChI=1S/C21H20N4OS2/c1-14-7-9-15(10-8-14)22-19(26)11-20-23-16(12-27-20)13-28-21-24-17-5-3-4-6-18(17)25(21)2/h3-10,12H,11,13H2,1-2H3,(H,22,26). The number of aryl methyl sites for hydroxylation is 2. The topological polar surface area (TPSA) is 59.8 Å². The van der Waals surface area contributed by atoms with Crippen molar-refractivity contribution in [2.24, 2.45) is 7.05 Å². The van der Waals surface area contributed by atoms with E-state index < -0.39 is 0 Å². The molecule has 7 heteroatoms. The van der Waals surface area contributed by atoms with E-state index in [1.54, 1.807) is 11.8 Å². The van der Waals surface area contributed by atoms with E-state index in [1.807, 2.05) is 61.8 Å². The Bertz CT molecular complexity index is 1120. The number of anilines is 1. The first kappa shape index (κ1) is 18.7. The van der Waals surface area contributed by atoms with Gasteiger partial charge in [0, 0.05) is 23.9 Å². The molecule has 0 bridgehead atoms. The highest BCUT2D eigenvalue weighted by molar-refractivity contribution is 7.98. The van der Waals surface area contributed by atoms with Gasteiger partial charge in [-0.3, -0.25) is 4.79 Å². The first-order valence-corrected chi connectivity index (χ1v) is 10.8. The molecule has 0 unspecified atom stereocenters. The van der Waals surface area contributed by atoms with Crippen LogP contribution in [0.5, 0.6) is 0 Å². The van der Waals surface area contributed by atoms with Crippen molar-refractivity contribution in [2.45, 2.75) is 24.3 Å². The normalized spacial score (nSPS) is 11.1. The number of thiazole rings is 1. The highest BCUT2D eigenvalue weighted by atomic mass is 32.2. The van der Waals surface area contributed by atoms with E-state index in [2.05, 4.69) is 25.9 Å². The number of thioether (sulfide) groups is 1. The van der Waals surface area contributed by atoms with E-state index in [9.17, 15) is 4.79 Å². The first-order chi connectivity index (χ1) is 13.6. The summed E-state index contributed by atoms with van der Waals surface area (Å²) in [5, 5.41) is 6.72. The maximum Gasteiger partial charge on any atom is 0.231 e. The van der Waals surface area contributed by atoms with Crippen LogP contribution in [0.25, 0.3) is 11.0 Å². The number of aromatic nitrogens is 3. The Balaban J connectivity index is 1.35. The van der Waals surface area contributed by atoms with Crippen molar-refractivity contribution < 1.29 is 4.79 Å². The summed E-state index contributed by atoms with van der Waals surface area (Å²) in [7, 11) is 2.03. The molecule has 0 aliphatic carbocycles. The molecule has 2 aromatic heterocycles. The highest BCUT2D eigenvalue weighted by Gasteiger charge is 2.11. The minimum Gasteiger partial charge on any atom is -0.326 e. The molecular formula is C21H20N4OS2. The van der Waals surface area contributed by atoms with Crippen LogP contribution in [-0.4, -0.2) is 20.4 Å². The zero-order chi connectivity index (χ0) is 19.5. The molecule has 4 aromatic rings. The van der Waals surface area contributed by atoms with Gasteiger partial charge in [0.05, 0.1) is 23.1 Å². The maximum atomic E-state index is 12.2. The SMILES string of the molecule is Cc1ccc(NC(=O)Cc2nc(CSc3nc4ccccc4n3C)cs2)cc1. The quantitative estimate of drug-likeness (QED) is 0.465. The van der Waals surface area contributed by atoms with Crippen LogP contribution in [0.15, 0.2) is 59.1 Å². The van der Waals surface area contributed by atoms with E-state index in [0.29, 0.717) is 0 Å². The molecule has 142 valence electrons. The van der Waals surface area contributed by atoms with Gasteiger partial charge in [-0.15, -0.1) is 11.3 Å². The minimum atomic E-state index is -0.0484. The van der Waals surface area contributed by atoms with Crippen molar-refractivity contribution in [3.8, 4) is 0 Å². The predicted octanol–water partition coefficient (Wildman–Crippen LogP) is 4.81. The summed E-state index contributed by atoms with van der Waals surface area (Å²) in [4.78, 5) is 21.5. The lowest BCUT2D eigenvalue weighted by molar-refractivity contribution is -0.115. The first-order valence-electron chi connectivity index (χ1n) is 8.92. The predicted molar refractivity (Wildman–Crippen MR) is 116 cm³/mol. The van der Waals surface area contributed by atoms with Gasteiger partial charge in [0.1, 0.15) is 5.01 Å². The van der Waals surface area contributed by atoms with Gasteiger partial charge in [0.25, 0.3) is 0 Å². The summed E-state index contributed by atoms with van der Waals surface area (Å²) in [6.45, 7) is 2.02. The fraction of sp³-hybridized carbons (Fsp3) is 0.190. The molecule has 28 heavy (non-hydrogen) atoms. The molecule has 2 aromatic carbocycles. The molecule has 0 aliphatic rings. The van der Waals surface area contributed by atoms with Crippen LogP contribution < -0.4 is 5.32 Å². The van der Waals surface area contributed by atoms with Crippen LogP contribution in [-0.2, 0) is 24.0 Å². The highest BCUT2D eigenvalue weighted by Crippen LogP contribution is 2.26. The lowest BCUT2D eigenvalue weighted by Gasteiger charge is -2.04. The number of nitrogens with zero attached hydrogens (tertiary/aromatic N) is 3. The summed E-state index contributed by atoms with van der Waals surface area (Å²) < 4.78 is 2.10. The zero-order valence-electron chi connectivity index (χ0n) is 15.7. The maximum absolute atomic E-state index is 12.2. The van der Waals surface area contributed by atoms with Crippen LogP contribution in [0.3, 0.4) is 0 Å². The summed E-state index contributed by atoms with van der Waals surface area (Å²) >= 11 is 3.18. The molecule has 0 saturated carbocycles. The monoisotopic (exact) mass is 408 g/mol. The number of hydrogen-bond acceptors (Lipinski definition) is 5. The molecule has 0 spiro atoms. The molecule has 0 aliphatic heterocycles. The molecule has 0 fully saturated rings. The average molecular weight is 409 g/mol. The third-order valence-corrected chi connectivity index (χ3v) is 6.30. The molecule has 0 saturated heterocycles. The van der Waals surface area contributed by atoms with E-state index in [4.69, 9.17) is 0 Å². The Labute approximate surface area is 171 Å². The van der Waals surface area contributed by atoms with Crippen molar-refractivity contribution in [1.29, 1.82) is 0 Å². The molecule has 0 atom stereocenters.